The standard InChI is InChI=1S/C18H26O2/c1-2-15-6-8-16(9-7-15)20-17-10-13-19-18(14-17)11-4-3-5-12-18/h6-9,17H,2-5,10-14H2,1H3. The predicted octanol–water partition coefficient (Wildman–Crippen LogP) is 4.51. The number of benzene rings is 1. The van der Waals surface area contributed by atoms with Gasteiger partial charge in [-0.05, 0) is 37.0 Å². The molecule has 0 radical (unpaired) electrons. The quantitative estimate of drug-likeness (QED) is 0.807. The molecule has 2 nitrogen and oxygen atoms in total. The molecule has 3 rings (SSSR count). The molecular weight excluding hydrogens is 248 g/mol. The summed E-state index contributed by atoms with van der Waals surface area (Å²) in [5.41, 5.74) is 1.50. The molecule has 1 heterocycles. The van der Waals surface area contributed by atoms with Crippen molar-refractivity contribution in [3.8, 4) is 5.75 Å². The van der Waals surface area contributed by atoms with E-state index < -0.39 is 0 Å². The highest BCUT2D eigenvalue weighted by atomic mass is 16.5. The molecule has 0 aromatic heterocycles. The number of ether oxygens (including phenoxy) is 2. The van der Waals surface area contributed by atoms with Gasteiger partial charge in [-0.2, -0.15) is 0 Å². The fraction of sp³-hybridized carbons (Fsp3) is 0.667. The summed E-state index contributed by atoms with van der Waals surface area (Å²) in [5, 5.41) is 0. The third kappa shape index (κ3) is 3.17. The Morgan fingerprint density at radius 2 is 1.90 bits per heavy atom. The molecule has 0 amide bonds. The van der Waals surface area contributed by atoms with E-state index in [0.717, 1.165) is 31.6 Å². The van der Waals surface area contributed by atoms with Crippen molar-refractivity contribution in [1.29, 1.82) is 0 Å². The summed E-state index contributed by atoms with van der Waals surface area (Å²) >= 11 is 0. The van der Waals surface area contributed by atoms with E-state index in [-0.39, 0.29) is 5.60 Å². The molecule has 2 aliphatic rings. The second-order valence-electron chi connectivity index (χ2n) is 6.32. The highest BCUT2D eigenvalue weighted by molar-refractivity contribution is 5.27. The largest absolute Gasteiger partial charge is 0.490 e. The van der Waals surface area contributed by atoms with Crippen LogP contribution in [0.5, 0.6) is 5.75 Å². The van der Waals surface area contributed by atoms with Gasteiger partial charge in [-0.15, -0.1) is 0 Å². The van der Waals surface area contributed by atoms with Gasteiger partial charge in [0.05, 0.1) is 12.2 Å². The third-order valence-corrected chi connectivity index (χ3v) is 4.85. The number of hydrogen-bond donors (Lipinski definition) is 0. The molecular formula is C18H26O2. The molecule has 0 N–H and O–H groups in total. The van der Waals surface area contributed by atoms with Crippen LogP contribution in [0.1, 0.15) is 57.4 Å². The van der Waals surface area contributed by atoms with Gasteiger partial charge in [-0.1, -0.05) is 38.3 Å². The zero-order chi connectivity index (χ0) is 13.8. The van der Waals surface area contributed by atoms with Crippen molar-refractivity contribution in [1.82, 2.24) is 0 Å². The summed E-state index contributed by atoms with van der Waals surface area (Å²) in [6.07, 6.45) is 9.96. The van der Waals surface area contributed by atoms with Crippen molar-refractivity contribution in [2.75, 3.05) is 6.61 Å². The molecule has 1 saturated carbocycles. The Labute approximate surface area is 122 Å². The Balaban J connectivity index is 1.61. The summed E-state index contributed by atoms with van der Waals surface area (Å²) in [7, 11) is 0. The van der Waals surface area contributed by atoms with E-state index in [1.807, 2.05) is 0 Å². The minimum absolute atomic E-state index is 0.129. The van der Waals surface area contributed by atoms with Crippen LogP contribution in [-0.4, -0.2) is 18.3 Å². The van der Waals surface area contributed by atoms with E-state index >= 15 is 0 Å². The van der Waals surface area contributed by atoms with E-state index in [4.69, 9.17) is 9.47 Å². The summed E-state index contributed by atoms with van der Waals surface area (Å²) in [6.45, 7) is 3.04. The van der Waals surface area contributed by atoms with E-state index in [1.165, 1.54) is 37.7 Å². The minimum Gasteiger partial charge on any atom is -0.490 e. The lowest BCUT2D eigenvalue weighted by Crippen LogP contribution is -2.45. The van der Waals surface area contributed by atoms with Crippen molar-refractivity contribution >= 4 is 0 Å². The van der Waals surface area contributed by atoms with E-state index in [0.29, 0.717) is 6.10 Å². The molecule has 0 bridgehead atoms. The van der Waals surface area contributed by atoms with Crippen LogP contribution >= 0.6 is 0 Å². The molecule has 110 valence electrons. The summed E-state index contributed by atoms with van der Waals surface area (Å²) in [6, 6.07) is 8.57. The van der Waals surface area contributed by atoms with E-state index in [1.54, 1.807) is 0 Å². The Morgan fingerprint density at radius 3 is 2.60 bits per heavy atom. The SMILES string of the molecule is CCc1ccc(OC2CCOC3(CCCCC3)C2)cc1. The van der Waals surface area contributed by atoms with Gasteiger partial charge in [0.25, 0.3) is 0 Å². The lowest BCUT2D eigenvalue weighted by atomic mass is 9.79. The molecule has 20 heavy (non-hydrogen) atoms. The fourth-order valence-corrected chi connectivity index (χ4v) is 3.62. The van der Waals surface area contributed by atoms with Crippen LogP contribution in [0.15, 0.2) is 24.3 Å². The first-order chi connectivity index (χ1) is 9.80. The molecule has 1 atom stereocenters. The summed E-state index contributed by atoms with van der Waals surface area (Å²) in [5.74, 6) is 1.01. The van der Waals surface area contributed by atoms with Crippen molar-refractivity contribution < 1.29 is 9.47 Å². The molecule has 1 aliphatic carbocycles. The van der Waals surface area contributed by atoms with Crippen LogP contribution in [0.3, 0.4) is 0 Å². The van der Waals surface area contributed by atoms with Crippen LogP contribution in [-0.2, 0) is 11.2 Å². The zero-order valence-electron chi connectivity index (χ0n) is 12.6. The van der Waals surface area contributed by atoms with Crippen molar-refractivity contribution in [3.63, 3.8) is 0 Å². The van der Waals surface area contributed by atoms with Crippen LogP contribution in [0.2, 0.25) is 0 Å². The Hall–Kier alpha value is -1.02. The normalized spacial score (nSPS) is 25.6. The minimum atomic E-state index is 0.129. The van der Waals surface area contributed by atoms with Crippen molar-refractivity contribution in [2.45, 2.75) is 70.0 Å². The van der Waals surface area contributed by atoms with Gasteiger partial charge in [0.1, 0.15) is 11.9 Å². The Bertz CT molecular complexity index is 412. The van der Waals surface area contributed by atoms with Crippen LogP contribution in [0.4, 0.5) is 0 Å². The number of hydrogen-bond acceptors (Lipinski definition) is 2. The zero-order valence-corrected chi connectivity index (χ0v) is 12.6. The van der Waals surface area contributed by atoms with E-state index in [2.05, 4.69) is 31.2 Å². The Kier molecular flexibility index (Phi) is 4.30. The highest BCUT2D eigenvalue weighted by Gasteiger charge is 2.39. The van der Waals surface area contributed by atoms with Gasteiger partial charge in [-0.25, -0.2) is 0 Å². The smallest absolute Gasteiger partial charge is 0.119 e. The van der Waals surface area contributed by atoms with Crippen molar-refractivity contribution in [2.24, 2.45) is 0 Å². The Morgan fingerprint density at radius 1 is 1.15 bits per heavy atom. The van der Waals surface area contributed by atoms with Gasteiger partial charge in [0, 0.05) is 12.8 Å². The number of aryl methyl sites for hydroxylation is 1. The third-order valence-electron chi connectivity index (χ3n) is 4.85. The maximum absolute atomic E-state index is 6.20. The topological polar surface area (TPSA) is 18.5 Å². The molecule has 1 aromatic rings. The fourth-order valence-electron chi connectivity index (χ4n) is 3.62. The van der Waals surface area contributed by atoms with Gasteiger partial charge < -0.3 is 9.47 Å². The molecule has 1 saturated heterocycles. The van der Waals surface area contributed by atoms with Gasteiger partial charge in [-0.3, -0.25) is 0 Å². The first kappa shape index (κ1) is 13.9. The first-order valence-corrected chi connectivity index (χ1v) is 8.19. The second kappa shape index (κ2) is 6.17. The number of rotatable bonds is 3. The first-order valence-electron chi connectivity index (χ1n) is 8.19. The summed E-state index contributed by atoms with van der Waals surface area (Å²) in [4.78, 5) is 0. The summed E-state index contributed by atoms with van der Waals surface area (Å²) < 4.78 is 12.3. The molecule has 1 aliphatic heterocycles. The molecule has 2 heteroatoms. The lowest BCUT2D eigenvalue weighted by Gasteiger charge is -2.43. The van der Waals surface area contributed by atoms with Gasteiger partial charge in [0.15, 0.2) is 0 Å². The van der Waals surface area contributed by atoms with E-state index in [9.17, 15) is 0 Å². The maximum atomic E-state index is 6.20. The van der Waals surface area contributed by atoms with Crippen LogP contribution < -0.4 is 4.74 Å². The monoisotopic (exact) mass is 274 g/mol. The van der Waals surface area contributed by atoms with Crippen LogP contribution in [0, 0.1) is 0 Å². The second-order valence-corrected chi connectivity index (χ2v) is 6.32. The predicted molar refractivity (Wildman–Crippen MR) is 81.2 cm³/mol. The van der Waals surface area contributed by atoms with Crippen LogP contribution in [0.25, 0.3) is 0 Å². The van der Waals surface area contributed by atoms with Crippen molar-refractivity contribution in [3.05, 3.63) is 29.8 Å². The average molecular weight is 274 g/mol. The maximum Gasteiger partial charge on any atom is 0.119 e. The highest BCUT2D eigenvalue weighted by Crippen LogP contribution is 2.39. The molecule has 2 fully saturated rings. The van der Waals surface area contributed by atoms with Gasteiger partial charge >= 0.3 is 0 Å². The molecule has 1 unspecified atom stereocenters. The lowest BCUT2D eigenvalue weighted by molar-refractivity contribution is -0.129. The molecule has 1 spiro atoms. The average Bonchev–Trinajstić information content (AvgIpc) is 2.49. The van der Waals surface area contributed by atoms with Gasteiger partial charge in [0.2, 0.25) is 0 Å². The molecule has 1 aromatic carbocycles.